The minimum absolute atomic E-state index is 0.0165. The van der Waals surface area contributed by atoms with Crippen LogP contribution in [0.2, 0.25) is 5.02 Å². The van der Waals surface area contributed by atoms with E-state index in [0.29, 0.717) is 46.7 Å². The highest BCUT2D eigenvalue weighted by Crippen LogP contribution is 2.31. The van der Waals surface area contributed by atoms with Gasteiger partial charge in [0.25, 0.3) is 5.91 Å². The van der Waals surface area contributed by atoms with Crippen molar-refractivity contribution in [2.45, 2.75) is 19.4 Å². The van der Waals surface area contributed by atoms with Crippen molar-refractivity contribution < 1.29 is 28.5 Å². The summed E-state index contributed by atoms with van der Waals surface area (Å²) in [5, 5.41) is 3.02. The van der Waals surface area contributed by atoms with Crippen LogP contribution in [-0.4, -0.2) is 38.3 Å². The molecule has 1 aliphatic heterocycles. The first-order valence-corrected chi connectivity index (χ1v) is 9.06. The molecule has 0 bridgehead atoms. The van der Waals surface area contributed by atoms with E-state index in [1.54, 1.807) is 36.4 Å². The van der Waals surface area contributed by atoms with Gasteiger partial charge in [0, 0.05) is 5.69 Å². The van der Waals surface area contributed by atoms with Crippen LogP contribution >= 0.6 is 11.6 Å². The monoisotopic (exact) mass is 405 g/mol. The van der Waals surface area contributed by atoms with Crippen molar-refractivity contribution in [3.05, 3.63) is 47.0 Å². The van der Waals surface area contributed by atoms with Crippen molar-refractivity contribution in [2.24, 2.45) is 0 Å². The molecule has 148 valence electrons. The Labute approximate surface area is 167 Å². The van der Waals surface area contributed by atoms with E-state index in [1.807, 2.05) is 0 Å². The highest BCUT2D eigenvalue weighted by Gasteiger charge is 2.20. The Kier molecular flexibility index (Phi) is 6.26. The fourth-order valence-corrected chi connectivity index (χ4v) is 2.90. The molecule has 1 atom stereocenters. The lowest BCUT2D eigenvalue weighted by atomic mass is 10.1. The van der Waals surface area contributed by atoms with E-state index < -0.39 is 18.0 Å². The molecule has 0 saturated heterocycles. The Morgan fingerprint density at radius 1 is 1.14 bits per heavy atom. The van der Waals surface area contributed by atoms with Crippen LogP contribution in [0.15, 0.2) is 36.4 Å². The molecule has 0 fully saturated rings. The Hall–Kier alpha value is -2.93. The van der Waals surface area contributed by atoms with Gasteiger partial charge in [0.15, 0.2) is 17.6 Å². The van der Waals surface area contributed by atoms with Crippen molar-refractivity contribution in [2.75, 3.05) is 25.6 Å². The highest BCUT2D eigenvalue weighted by atomic mass is 35.5. The van der Waals surface area contributed by atoms with Crippen molar-refractivity contribution in [3.8, 4) is 17.2 Å². The SMILES string of the molecule is COc1ccc(NC(=O)[C@H](C)OC(=O)Cc2ccc3c(c2)OCCO3)cc1Cl. The van der Waals surface area contributed by atoms with Crippen LogP contribution in [0, 0.1) is 0 Å². The Morgan fingerprint density at radius 3 is 2.61 bits per heavy atom. The molecule has 0 unspecified atom stereocenters. The van der Waals surface area contributed by atoms with Crippen molar-refractivity contribution in [3.63, 3.8) is 0 Å². The predicted molar refractivity (Wildman–Crippen MR) is 103 cm³/mol. The zero-order valence-electron chi connectivity index (χ0n) is 15.5. The van der Waals surface area contributed by atoms with E-state index in [1.165, 1.54) is 14.0 Å². The van der Waals surface area contributed by atoms with Gasteiger partial charge >= 0.3 is 5.97 Å². The highest BCUT2D eigenvalue weighted by molar-refractivity contribution is 6.32. The lowest BCUT2D eigenvalue weighted by Crippen LogP contribution is -2.30. The maximum Gasteiger partial charge on any atom is 0.311 e. The van der Waals surface area contributed by atoms with E-state index in [4.69, 9.17) is 30.5 Å². The molecule has 1 amide bonds. The number of benzene rings is 2. The molecule has 0 aliphatic carbocycles. The number of carbonyl (C=O) groups excluding carboxylic acids is 2. The van der Waals surface area contributed by atoms with Gasteiger partial charge in [0.05, 0.1) is 18.6 Å². The maximum atomic E-state index is 12.3. The number of rotatable bonds is 6. The van der Waals surface area contributed by atoms with Crippen molar-refractivity contribution in [1.29, 1.82) is 0 Å². The van der Waals surface area contributed by atoms with Gasteiger partial charge in [-0.2, -0.15) is 0 Å². The molecule has 0 aromatic heterocycles. The summed E-state index contributed by atoms with van der Waals surface area (Å²) in [5.74, 6) is 0.760. The van der Waals surface area contributed by atoms with Crippen LogP contribution in [-0.2, 0) is 20.7 Å². The van der Waals surface area contributed by atoms with Crippen LogP contribution in [0.1, 0.15) is 12.5 Å². The Bertz CT molecular complexity index is 885. The molecule has 8 heteroatoms. The average Bonchev–Trinajstić information content (AvgIpc) is 2.68. The topological polar surface area (TPSA) is 83.1 Å². The van der Waals surface area contributed by atoms with Gasteiger partial charge in [-0.05, 0) is 42.8 Å². The van der Waals surface area contributed by atoms with Gasteiger partial charge in [-0.3, -0.25) is 9.59 Å². The fraction of sp³-hybridized carbons (Fsp3) is 0.300. The summed E-state index contributed by atoms with van der Waals surface area (Å²) in [4.78, 5) is 24.4. The number of nitrogens with one attached hydrogen (secondary N) is 1. The first kappa shape index (κ1) is 19.8. The number of carbonyl (C=O) groups is 2. The third kappa shape index (κ3) is 4.86. The first-order valence-electron chi connectivity index (χ1n) is 8.68. The van der Waals surface area contributed by atoms with Gasteiger partial charge < -0.3 is 24.3 Å². The second-order valence-electron chi connectivity index (χ2n) is 6.13. The molecule has 1 aliphatic rings. The second kappa shape index (κ2) is 8.84. The van der Waals surface area contributed by atoms with Crippen LogP contribution < -0.4 is 19.5 Å². The Morgan fingerprint density at radius 2 is 1.89 bits per heavy atom. The molecule has 0 radical (unpaired) electrons. The van der Waals surface area contributed by atoms with Crippen LogP contribution in [0.4, 0.5) is 5.69 Å². The van der Waals surface area contributed by atoms with Crippen LogP contribution in [0.25, 0.3) is 0 Å². The number of hydrogen-bond donors (Lipinski definition) is 1. The smallest absolute Gasteiger partial charge is 0.311 e. The average molecular weight is 406 g/mol. The van der Waals surface area contributed by atoms with E-state index in [-0.39, 0.29) is 6.42 Å². The summed E-state index contributed by atoms with van der Waals surface area (Å²) >= 11 is 6.04. The molecule has 7 nitrogen and oxygen atoms in total. The summed E-state index contributed by atoms with van der Waals surface area (Å²) in [6.45, 7) is 2.47. The van der Waals surface area contributed by atoms with Gasteiger partial charge in [-0.15, -0.1) is 0 Å². The Balaban J connectivity index is 1.54. The van der Waals surface area contributed by atoms with E-state index in [2.05, 4.69) is 5.32 Å². The van der Waals surface area contributed by atoms with Gasteiger partial charge in [-0.1, -0.05) is 17.7 Å². The van der Waals surface area contributed by atoms with Gasteiger partial charge in [0.2, 0.25) is 0 Å². The quantitative estimate of drug-likeness (QED) is 0.743. The summed E-state index contributed by atoms with van der Waals surface area (Å²) in [5.41, 5.74) is 1.19. The standard InChI is InChI=1S/C20H20ClNO6/c1-12(20(24)22-14-4-6-16(25-2)15(21)11-14)28-19(23)10-13-3-5-17-18(9-13)27-8-7-26-17/h3-6,9,11-12H,7-8,10H2,1-2H3,(H,22,24)/t12-/m0/s1. The van der Waals surface area contributed by atoms with E-state index in [9.17, 15) is 9.59 Å². The normalized spacial score (nSPS) is 13.4. The minimum Gasteiger partial charge on any atom is -0.495 e. The number of amides is 1. The molecule has 2 aromatic carbocycles. The summed E-state index contributed by atoms with van der Waals surface area (Å²) in [6, 6.07) is 10.1. The number of anilines is 1. The van der Waals surface area contributed by atoms with Crippen LogP contribution in [0.5, 0.6) is 17.2 Å². The third-order valence-electron chi connectivity index (χ3n) is 4.05. The maximum absolute atomic E-state index is 12.3. The molecule has 1 heterocycles. The summed E-state index contributed by atoms with van der Waals surface area (Å²) < 4.78 is 21.2. The van der Waals surface area contributed by atoms with Crippen LogP contribution in [0.3, 0.4) is 0 Å². The number of halogens is 1. The lowest BCUT2D eigenvalue weighted by molar-refractivity contribution is -0.152. The molecule has 3 rings (SSSR count). The molecule has 0 spiro atoms. The van der Waals surface area contributed by atoms with Gasteiger partial charge in [0.1, 0.15) is 19.0 Å². The molecule has 2 aromatic rings. The second-order valence-corrected chi connectivity index (χ2v) is 6.53. The van der Waals surface area contributed by atoms with Crippen molar-refractivity contribution in [1.82, 2.24) is 0 Å². The molecule has 0 saturated carbocycles. The number of methoxy groups -OCH3 is 1. The summed E-state index contributed by atoms with van der Waals surface area (Å²) in [7, 11) is 1.50. The zero-order chi connectivity index (χ0) is 20.1. The number of ether oxygens (including phenoxy) is 4. The molecular weight excluding hydrogens is 386 g/mol. The van der Waals surface area contributed by atoms with E-state index >= 15 is 0 Å². The first-order chi connectivity index (χ1) is 13.5. The fourth-order valence-electron chi connectivity index (χ4n) is 2.64. The zero-order valence-corrected chi connectivity index (χ0v) is 16.2. The summed E-state index contributed by atoms with van der Waals surface area (Å²) in [6.07, 6.45) is -0.951. The molecular formula is C20H20ClNO6. The largest absolute Gasteiger partial charge is 0.495 e. The number of esters is 1. The van der Waals surface area contributed by atoms with Crippen molar-refractivity contribution >= 4 is 29.2 Å². The number of fused-ring (bicyclic) bond motifs is 1. The minimum atomic E-state index is -0.967. The lowest BCUT2D eigenvalue weighted by Gasteiger charge is -2.19. The van der Waals surface area contributed by atoms with E-state index in [0.717, 1.165) is 0 Å². The predicted octanol–water partition coefficient (Wildman–Crippen LogP) is 3.23. The molecule has 1 N–H and O–H groups in total. The van der Waals surface area contributed by atoms with Gasteiger partial charge in [-0.25, -0.2) is 0 Å². The molecule has 28 heavy (non-hydrogen) atoms. The third-order valence-corrected chi connectivity index (χ3v) is 4.35. The number of hydrogen-bond acceptors (Lipinski definition) is 6.